The second-order valence-electron chi connectivity index (χ2n) is 7.99. The Balaban J connectivity index is 1.53. The van der Waals surface area contributed by atoms with Crippen LogP contribution < -0.4 is 15.5 Å². The molecule has 1 aliphatic heterocycles. The van der Waals surface area contributed by atoms with Gasteiger partial charge in [-0.15, -0.1) is 0 Å². The van der Waals surface area contributed by atoms with E-state index in [9.17, 15) is 9.18 Å². The van der Waals surface area contributed by atoms with Crippen molar-refractivity contribution < 1.29 is 9.18 Å². The van der Waals surface area contributed by atoms with E-state index in [4.69, 9.17) is 0 Å². The summed E-state index contributed by atoms with van der Waals surface area (Å²) in [6.45, 7) is 6.18. The zero-order valence-electron chi connectivity index (χ0n) is 17.3. The lowest BCUT2D eigenvalue weighted by Gasteiger charge is -2.27. The molecule has 2 aromatic carbocycles. The van der Waals surface area contributed by atoms with Crippen LogP contribution in [0.4, 0.5) is 10.1 Å². The molecule has 1 fully saturated rings. The molecule has 2 aromatic rings. The minimum absolute atomic E-state index is 0.196. The van der Waals surface area contributed by atoms with Crippen molar-refractivity contribution in [2.45, 2.75) is 38.6 Å². The number of aliphatic imine (C=N–C) groups is 1. The Labute approximate surface area is 172 Å². The van der Waals surface area contributed by atoms with Gasteiger partial charge < -0.3 is 15.5 Å². The van der Waals surface area contributed by atoms with Crippen LogP contribution in [0.15, 0.2) is 53.5 Å². The lowest BCUT2D eigenvalue weighted by Crippen LogP contribution is -2.43. The molecular formula is C23H29FN4O. The molecule has 2 N–H and O–H groups in total. The second-order valence-corrected chi connectivity index (χ2v) is 7.99. The van der Waals surface area contributed by atoms with Crippen LogP contribution in [0.3, 0.4) is 0 Å². The highest BCUT2D eigenvalue weighted by molar-refractivity contribution is 5.95. The maximum atomic E-state index is 13.5. The van der Waals surface area contributed by atoms with Gasteiger partial charge in [-0.25, -0.2) is 4.39 Å². The maximum absolute atomic E-state index is 13.5. The number of hydrogen-bond donors (Lipinski definition) is 2. The number of nitrogens with zero attached hydrogens (tertiary/aromatic N) is 2. The Morgan fingerprint density at radius 3 is 2.55 bits per heavy atom. The molecule has 5 nitrogen and oxygen atoms in total. The predicted octanol–water partition coefficient (Wildman–Crippen LogP) is 3.60. The summed E-state index contributed by atoms with van der Waals surface area (Å²) in [5.74, 6) is 0.659. The van der Waals surface area contributed by atoms with E-state index in [1.165, 1.54) is 6.07 Å². The number of anilines is 1. The molecule has 0 bridgehead atoms. The SMILES string of the molecule is CN=C(NCc1ccc(N2CCCC2=O)cc1)NCC(C)(C)c1cccc(F)c1. The van der Waals surface area contributed by atoms with Crippen LogP contribution in [0.25, 0.3) is 0 Å². The van der Waals surface area contributed by atoms with Crippen molar-refractivity contribution in [2.75, 3.05) is 25.0 Å². The molecule has 6 heteroatoms. The molecule has 3 rings (SSSR count). The third kappa shape index (κ3) is 5.34. The van der Waals surface area contributed by atoms with Gasteiger partial charge in [0, 0.05) is 44.2 Å². The van der Waals surface area contributed by atoms with Crippen molar-refractivity contribution in [3.8, 4) is 0 Å². The van der Waals surface area contributed by atoms with Gasteiger partial charge in [0.15, 0.2) is 5.96 Å². The Kier molecular flexibility index (Phi) is 6.52. The van der Waals surface area contributed by atoms with E-state index < -0.39 is 0 Å². The van der Waals surface area contributed by atoms with Crippen LogP contribution in [-0.2, 0) is 16.8 Å². The number of rotatable bonds is 6. The Bertz CT molecular complexity index is 877. The quantitative estimate of drug-likeness (QED) is 0.580. The van der Waals surface area contributed by atoms with E-state index in [2.05, 4.69) is 29.5 Å². The van der Waals surface area contributed by atoms with Gasteiger partial charge in [0.05, 0.1) is 0 Å². The summed E-state index contributed by atoms with van der Waals surface area (Å²) in [4.78, 5) is 18.0. The molecule has 154 valence electrons. The first-order valence-electron chi connectivity index (χ1n) is 9.99. The van der Waals surface area contributed by atoms with Crippen LogP contribution >= 0.6 is 0 Å². The molecule has 1 saturated heterocycles. The molecule has 0 aliphatic carbocycles. The van der Waals surface area contributed by atoms with E-state index >= 15 is 0 Å². The average Bonchev–Trinajstić information content (AvgIpc) is 3.14. The molecule has 29 heavy (non-hydrogen) atoms. The number of halogens is 1. The number of guanidine groups is 1. The summed E-state index contributed by atoms with van der Waals surface area (Å²) in [5.41, 5.74) is 2.75. The minimum atomic E-state index is -0.246. The van der Waals surface area contributed by atoms with Gasteiger partial charge in [-0.1, -0.05) is 38.1 Å². The molecule has 0 saturated carbocycles. The van der Waals surface area contributed by atoms with Crippen molar-refractivity contribution in [1.82, 2.24) is 10.6 Å². The van der Waals surface area contributed by atoms with Gasteiger partial charge in [0.1, 0.15) is 5.82 Å². The van der Waals surface area contributed by atoms with E-state index in [-0.39, 0.29) is 17.1 Å². The molecule has 0 aromatic heterocycles. The molecule has 0 unspecified atom stereocenters. The Morgan fingerprint density at radius 1 is 1.17 bits per heavy atom. The first-order valence-corrected chi connectivity index (χ1v) is 9.99. The van der Waals surface area contributed by atoms with Crippen molar-refractivity contribution >= 4 is 17.6 Å². The fraction of sp³-hybridized carbons (Fsp3) is 0.391. The molecule has 0 radical (unpaired) electrons. The normalized spacial score (nSPS) is 15.0. The lowest BCUT2D eigenvalue weighted by molar-refractivity contribution is -0.117. The summed E-state index contributed by atoms with van der Waals surface area (Å²) >= 11 is 0. The lowest BCUT2D eigenvalue weighted by atomic mass is 9.84. The van der Waals surface area contributed by atoms with Crippen LogP contribution in [0.5, 0.6) is 0 Å². The second kappa shape index (κ2) is 9.07. The third-order valence-corrected chi connectivity index (χ3v) is 5.31. The Hall–Kier alpha value is -2.89. The number of nitrogens with one attached hydrogen (secondary N) is 2. The first kappa shape index (κ1) is 20.8. The van der Waals surface area contributed by atoms with Crippen LogP contribution in [0.1, 0.15) is 37.8 Å². The smallest absolute Gasteiger partial charge is 0.227 e. The highest BCUT2D eigenvalue weighted by Gasteiger charge is 2.22. The summed E-state index contributed by atoms with van der Waals surface area (Å²) in [5, 5.41) is 6.63. The maximum Gasteiger partial charge on any atom is 0.227 e. The summed E-state index contributed by atoms with van der Waals surface area (Å²) in [7, 11) is 1.73. The number of amides is 1. The van der Waals surface area contributed by atoms with Crippen LogP contribution in [-0.4, -0.2) is 32.0 Å². The fourth-order valence-electron chi connectivity index (χ4n) is 3.44. The van der Waals surface area contributed by atoms with Gasteiger partial charge >= 0.3 is 0 Å². The summed E-state index contributed by atoms with van der Waals surface area (Å²) < 4.78 is 13.5. The van der Waals surface area contributed by atoms with Crippen molar-refractivity contribution in [1.29, 1.82) is 0 Å². The van der Waals surface area contributed by atoms with Crippen LogP contribution in [0.2, 0.25) is 0 Å². The van der Waals surface area contributed by atoms with E-state index in [1.54, 1.807) is 19.2 Å². The molecule has 0 spiro atoms. The Morgan fingerprint density at radius 2 is 1.93 bits per heavy atom. The molecule has 1 amide bonds. The monoisotopic (exact) mass is 396 g/mol. The first-order chi connectivity index (χ1) is 13.9. The van der Waals surface area contributed by atoms with Crippen molar-refractivity contribution in [3.63, 3.8) is 0 Å². The highest BCUT2D eigenvalue weighted by Crippen LogP contribution is 2.23. The zero-order chi connectivity index (χ0) is 20.9. The average molecular weight is 397 g/mol. The van der Waals surface area contributed by atoms with Gasteiger partial charge in [-0.3, -0.25) is 9.79 Å². The largest absolute Gasteiger partial charge is 0.356 e. The van der Waals surface area contributed by atoms with Gasteiger partial charge in [-0.2, -0.15) is 0 Å². The number of benzene rings is 2. The highest BCUT2D eigenvalue weighted by atomic mass is 19.1. The molecule has 1 aliphatic rings. The topological polar surface area (TPSA) is 56.7 Å². The standard InChI is InChI=1S/C23H29FN4O/c1-23(2,18-6-4-7-19(24)14-18)16-27-22(25-3)26-15-17-9-11-20(12-10-17)28-13-5-8-21(28)29/h4,6-7,9-12,14H,5,8,13,15-16H2,1-3H3,(H2,25,26,27). The number of carbonyl (C=O) groups is 1. The molecular weight excluding hydrogens is 367 g/mol. The third-order valence-electron chi connectivity index (χ3n) is 5.31. The van der Waals surface area contributed by atoms with Gasteiger partial charge in [-0.05, 0) is 41.8 Å². The zero-order valence-corrected chi connectivity index (χ0v) is 17.3. The predicted molar refractivity (Wildman–Crippen MR) is 116 cm³/mol. The van der Waals surface area contributed by atoms with Gasteiger partial charge in [0.2, 0.25) is 5.91 Å². The van der Waals surface area contributed by atoms with E-state index in [1.807, 2.05) is 35.2 Å². The number of carbonyl (C=O) groups excluding carboxylic acids is 1. The molecule has 0 atom stereocenters. The van der Waals surface area contributed by atoms with E-state index in [0.29, 0.717) is 25.5 Å². The summed E-state index contributed by atoms with van der Waals surface area (Å²) in [6, 6.07) is 14.7. The summed E-state index contributed by atoms with van der Waals surface area (Å²) in [6.07, 6.45) is 1.56. The van der Waals surface area contributed by atoms with Crippen LogP contribution in [0, 0.1) is 5.82 Å². The minimum Gasteiger partial charge on any atom is -0.356 e. The fourth-order valence-corrected chi connectivity index (χ4v) is 3.44. The van der Waals surface area contributed by atoms with E-state index in [0.717, 1.165) is 29.8 Å². The van der Waals surface area contributed by atoms with Gasteiger partial charge in [0.25, 0.3) is 0 Å². The number of hydrogen-bond acceptors (Lipinski definition) is 2. The van der Waals surface area contributed by atoms with Crippen molar-refractivity contribution in [2.24, 2.45) is 4.99 Å². The molecule has 1 heterocycles. The van der Waals surface area contributed by atoms with Crippen molar-refractivity contribution in [3.05, 3.63) is 65.5 Å².